The molecule has 1 N–H and O–H groups in total. The van der Waals surface area contributed by atoms with Crippen LogP contribution in [0, 0.1) is 11.6 Å². The van der Waals surface area contributed by atoms with Crippen LogP contribution in [0.15, 0.2) is 16.7 Å². The highest BCUT2D eigenvalue weighted by atomic mass is 19.4. The van der Waals surface area contributed by atoms with E-state index in [0.717, 1.165) is 24.1 Å². The van der Waals surface area contributed by atoms with Crippen molar-refractivity contribution in [3.8, 4) is 11.4 Å². The van der Waals surface area contributed by atoms with E-state index in [1.807, 2.05) is 0 Å². The maximum absolute atomic E-state index is 14.4. The number of aromatic nitrogens is 2. The van der Waals surface area contributed by atoms with Crippen LogP contribution in [0.2, 0.25) is 0 Å². The van der Waals surface area contributed by atoms with Gasteiger partial charge in [-0.15, -0.1) is 0 Å². The van der Waals surface area contributed by atoms with Crippen molar-refractivity contribution >= 4 is 6.03 Å². The summed E-state index contributed by atoms with van der Waals surface area (Å²) >= 11 is 0. The Bertz CT molecular complexity index is 842. The molecular formula is C15H15F5N4O4. The Morgan fingerprint density at radius 1 is 1.29 bits per heavy atom. The summed E-state index contributed by atoms with van der Waals surface area (Å²) in [6, 6.07) is 1.27. The molecule has 154 valence electrons. The number of carbonyl (C=O) groups excluding carboxylic acids is 1. The Kier molecular flexibility index (Phi) is 6.51. The van der Waals surface area contributed by atoms with Gasteiger partial charge in [0.15, 0.2) is 11.6 Å². The van der Waals surface area contributed by atoms with E-state index in [2.05, 4.69) is 14.7 Å². The molecule has 0 aliphatic carbocycles. The molecule has 0 bridgehead atoms. The minimum absolute atomic E-state index is 0.0200. The minimum atomic E-state index is -4.93. The Morgan fingerprint density at radius 2 is 1.96 bits per heavy atom. The number of hydrogen-bond donors (Lipinski definition) is 1. The Labute approximate surface area is 155 Å². The molecule has 0 saturated heterocycles. The maximum atomic E-state index is 14.4. The molecule has 0 aliphatic rings. The molecule has 2 rings (SSSR count). The van der Waals surface area contributed by atoms with E-state index >= 15 is 0 Å². The number of aliphatic hydroxyl groups excluding tert-OH is 1. The van der Waals surface area contributed by atoms with E-state index in [1.54, 1.807) is 0 Å². The number of benzene rings is 1. The second-order valence-electron chi connectivity index (χ2n) is 5.47. The van der Waals surface area contributed by atoms with Gasteiger partial charge in [-0.1, -0.05) is 11.2 Å². The average molecular weight is 410 g/mol. The molecule has 0 spiro atoms. The summed E-state index contributed by atoms with van der Waals surface area (Å²) in [6.45, 7) is -0.843. The first-order valence-electron chi connectivity index (χ1n) is 7.65. The molecular weight excluding hydrogens is 395 g/mol. The summed E-state index contributed by atoms with van der Waals surface area (Å²) in [7, 11) is 2.49. The lowest BCUT2D eigenvalue weighted by Crippen LogP contribution is -2.41. The van der Waals surface area contributed by atoms with Gasteiger partial charge in [-0.25, -0.2) is 13.6 Å². The van der Waals surface area contributed by atoms with Crippen molar-refractivity contribution in [2.75, 3.05) is 27.3 Å². The van der Waals surface area contributed by atoms with Gasteiger partial charge in [-0.05, 0) is 6.07 Å². The zero-order valence-corrected chi connectivity index (χ0v) is 14.6. The van der Waals surface area contributed by atoms with E-state index < -0.39 is 47.7 Å². The fourth-order valence-corrected chi connectivity index (χ4v) is 2.13. The average Bonchev–Trinajstić information content (AvgIpc) is 3.13. The minimum Gasteiger partial charge on any atom is -0.395 e. The van der Waals surface area contributed by atoms with Gasteiger partial charge in [0.2, 0.25) is 5.82 Å². The molecule has 28 heavy (non-hydrogen) atoms. The smallest absolute Gasteiger partial charge is 0.395 e. The van der Waals surface area contributed by atoms with Crippen molar-refractivity contribution in [1.82, 2.24) is 20.1 Å². The van der Waals surface area contributed by atoms with Gasteiger partial charge in [0.25, 0.3) is 0 Å². The highest BCUT2D eigenvalue weighted by Crippen LogP contribution is 2.31. The second-order valence-corrected chi connectivity index (χ2v) is 5.47. The molecule has 0 aliphatic heterocycles. The van der Waals surface area contributed by atoms with Crippen LogP contribution >= 0.6 is 0 Å². The number of carbonyl (C=O) groups is 1. The van der Waals surface area contributed by atoms with Gasteiger partial charge in [0.1, 0.15) is 0 Å². The van der Waals surface area contributed by atoms with Gasteiger partial charge in [0.05, 0.1) is 25.8 Å². The number of alkyl halides is 3. The predicted octanol–water partition coefficient (Wildman–Crippen LogP) is 2.44. The normalized spacial score (nSPS) is 11.6. The molecule has 8 nitrogen and oxygen atoms in total. The lowest BCUT2D eigenvalue weighted by Gasteiger charge is -2.25. The van der Waals surface area contributed by atoms with E-state index in [9.17, 15) is 26.7 Å². The molecule has 0 radical (unpaired) electrons. The van der Waals surface area contributed by atoms with Crippen LogP contribution in [0.1, 0.15) is 11.5 Å². The monoisotopic (exact) mass is 410 g/mol. The number of nitrogens with zero attached hydrogens (tertiary/aromatic N) is 4. The number of halogens is 5. The van der Waals surface area contributed by atoms with Crippen molar-refractivity contribution in [3.05, 3.63) is 35.2 Å². The predicted molar refractivity (Wildman–Crippen MR) is 82.3 cm³/mol. The van der Waals surface area contributed by atoms with Crippen LogP contribution in [0.5, 0.6) is 0 Å². The SMILES string of the molecule is CON(Cc1ccc(-c2noc(C(F)(F)F)n2)c(F)c1F)C(=O)N(C)CCO. The number of aliphatic hydroxyl groups is 1. The van der Waals surface area contributed by atoms with Crippen LogP contribution in [0.4, 0.5) is 26.7 Å². The van der Waals surface area contributed by atoms with Crippen LogP contribution in [-0.4, -0.2) is 58.6 Å². The molecule has 0 atom stereocenters. The number of likely N-dealkylation sites (N-methyl/N-ethyl adjacent to an activating group) is 1. The van der Waals surface area contributed by atoms with Crippen LogP contribution in [-0.2, 0) is 17.6 Å². The second kappa shape index (κ2) is 8.48. The lowest BCUT2D eigenvalue weighted by molar-refractivity contribution is -0.159. The molecule has 13 heteroatoms. The zero-order valence-electron chi connectivity index (χ0n) is 14.6. The standard InChI is InChI=1S/C15H15F5N4O4/c1-23(5-6-25)14(26)24(27-2)7-8-3-4-9(11(17)10(8)16)12-21-13(28-22-12)15(18,19)20/h3-4,25H,5-7H2,1-2H3. The van der Waals surface area contributed by atoms with Gasteiger partial charge in [-0.3, -0.25) is 4.84 Å². The fourth-order valence-electron chi connectivity index (χ4n) is 2.13. The molecule has 1 aromatic carbocycles. The van der Waals surface area contributed by atoms with Crippen molar-refractivity contribution in [2.45, 2.75) is 12.7 Å². The first kappa shape index (κ1) is 21.5. The molecule has 0 fully saturated rings. The summed E-state index contributed by atoms with van der Waals surface area (Å²) in [5.74, 6) is -5.41. The fraction of sp³-hybridized carbons (Fsp3) is 0.400. The van der Waals surface area contributed by atoms with E-state index in [0.29, 0.717) is 5.06 Å². The molecule has 1 aromatic heterocycles. The maximum Gasteiger partial charge on any atom is 0.471 e. The highest BCUT2D eigenvalue weighted by Gasteiger charge is 2.39. The third-order valence-electron chi connectivity index (χ3n) is 3.58. The van der Waals surface area contributed by atoms with Gasteiger partial charge in [0, 0.05) is 19.2 Å². The first-order valence-corrected chi connectivity index (χ1v) is 7.65. The molecule has 0 unspecified atom stereocenters. The summed E-state index contributed by atoms with van der Waals surface area (Å²) in [6.07, 6.45) is -4.93. The molecule has 2 amide bonds. The first-order chi connectivity index (χ1) is 13.1. The van der Waals surface area contributed by atoms with Gasteiger partial charge in [-0.2, -0.15) is 23.2 Å². The van der Waals surface area contributed by atoms with Gasteiger partial charge >= 0.3 is 18.1 Å². The topological polar surface area (TPSA) is 91.9 Å². The molecule has 0 saturated carbocycles. The number of rotatable bonds is 6. The lowest BCUT2D eigenvalue weighted by atomic mass is 10.1. The van der Waals surface area contributed by atoms with Crippen molar-refractivity contribution < 1.29 is 41.2 Å². The van der Waals surface area contributed by atoms with E-state index in [1.165, 1.54) is 7.05 Å². The van der Waals surface area contributed by atoms with Crippen LogP contribution < -0.4 is 0 Å². The molecule has 2 aromatic rings. The third-order valence-corrected chi connectivity index (χ3v) is 3.58. The van der Waals surface area contributed by atoms with Crippen LogP contribution in [0.3, 0.4) is 0 Å². The number of amides is 2. The number of urea groups is 1. The Morgan fingerprint density at radius 3 is 2.50 bits per heavy atom. The summed E-state index contributed by atoms with van der Waals surface area (Å²) in [5.41, 5.74) is -0.957. The van der Waals surface area contributed by atoms with E-state index in [4.69, 9.17) is 9.94 Å². The zero-order chi connectivity index (χ0) is 21.1. The summed E-state index contributed by atoms with van der Waals surface area (Å²) in [4.78, 5) is 21.0. The van der Waals surface area contributed by atoms with Crippen molar-refractivity contribution in [3.63, 3.8) is 0 Å². The van der Waals surface area contributed by atoms with Gasteiger partial charge < -0.3 is 14.5 Å². The number of hydroxylamine groups is 2. The summed E-state index contributed by atoms with van der Waals surface area (Å²) < 4.78 is 70.2. The summed E-state index contributed by atoms with van der Waals surface area (Å²) in [5, 5.41) is 12.6. The van der Waals surface area contributed by atoms with Crippen LogP contribution in [0.25, 0.3) is 11.4 Å². The Balaban J connectivity index is 2.28. The highest BCUT2D eigenvalue weighted by molar-refractivity contribution is 5.73. The largest absolute Gasteiger partial charge is 0.471 e. The quantitative estimate of drug-likeness (QED) is 0.581. The Hall–Kier alpha value is -2.80. The molecule has 1 heterocycles. The number of hydrogen-bond acceptors (Lipinski definition) is 6. The van der Waals surface area contributed by atoms with E-state index in [-0.39, 0.29) is 18.7 Å². The third kappa shape index (κ3) is 4.54. The van der Waals surface area contributed by atoms with Crippen molar-refractivity contribution in [2.24, 2.45) is 0 Å². The van der Waals surface area contributed by atoms with Crippen molar-refractivity contribution in [1.29, 1.82) is 0 Å².